The Morgan fingerprint density at radius 2 is 1.94 bits per heavy atom. The summed E-state index contributed by atoms with van der Waals surface area (Å²) >= 11 is 0. The quantitative estimate of drug-likeness (QED) is 0.213. The predicted molar refractivity (Wildman–Crippen MR) is 175 cm³/mol. The summed E-state index contributed by atoms with van der Waals surface area (Å²) in [5.41, 5.74) is 5.18. The molecule has 6 aromatic rings. The van der Waals surface area contributed by atoms with Crippen LogP contribution < -0.4 is 14.4 Å². The van der Waals surface area contributed by atoms with E-state index in [9.17, 15) is 22.0 Å². The Labute approximate surface area is 268 Å². The van der Waals surface area contributed by atoms with Crippen LogP contribution in [0.2, 0.25) is 0 Å². The van der Waals surface area contributed by atoms with E-state index in [1.807, 2.05) is 22.8 Å². The van der Waals surface area contributed by atoms with Crippen molar-refractivity contribution in [3.63, 3.8) is 0 Å². The number of alkyl halides is 1. The van der Waals surface area contributed by atoms with Crippen molar-refractivity contribution in [2.24, 2.45) is 0 Å². The van der Waals surface area contributed by atoms with Crippen molar-refractivity contribution >= 4 is 43.5 Å². The predicted octanol–water partition coefficient (Wildman–Crippen LogP) is 6.32. The number of rotatable bonds is 7. The van der Waals surface area contributed by atoms with E-state index >= 15 is 0 Å². The summed E-state index contributed by atoms with van der Waals surface area (Å²) in [6.45, 7) is 1.89. The van der Waals surface area contributed by atoms with E-state index in [-0.39, 0.29) is 34.3 Å². The molecule has 0 fully saturated rings. The van der Waals surface area contributed by atoms with Crippen LogP contribution in [0.1, 0.15) is 22.8 Å². The minimum Gasteiger partial charge on any atom is -0.455 e. The number of aryl methyl sites for hydroxylation is 2. The van der Waals surface area contributed by atoms with Crippen molar-refractivity contribution < 1.29 is 31.1 Å². The average Bonchev–Trinajstić information content (AvgIpc) is 3.62. The lowest BCUT2D eigenvalue weighted by atomic mass is 9.99. The third-order valence-electron chi connectivity index (χ3n) is 8.37. The summed E-state index contributed by atoms with van der Waals surface area (Å²) in [6.07, 6.45) is 1.61. The Morgan fingerprint density at radius 1 is 1.13 bits per heavy atom. The molecule has 0 aliphatic carbocycles. The average molecular weight is 658 g/mol. The van der Waals surface area contributed by atoms with Gasteiger partial charge in [-0.3, -0.25) is 9.10 Å². The van der Waals surface area contributed by atoms with Crippen molar-refractivity contribution in [3.05, 3.63) is 83.8 Å². The van der Waals surface area contributed by atoms with Crippen molar-refractivity contribution in [2.45, 2.75) is 26.2 Å². The number of carbonyl (C=O) groups is 1. The fourth-order valence-corrected chi connectivity index (χ4v) is 6.57. The molecule has 13 heteroatoms. The van der Waals surface area contributed by atoms with Gasteiger partial charge in [-0.05, 0) is 48.4 Å². The Hall–Kier alpha value is -5.30. The number of benzene rings is 2. The van der Waals surface area contributed by atoms with Gasteiger partial charge in [0.15, 0.2) is 0 Å². The van der Waals surface area contributed by atoms with E-state index in [1.54, 1.807) is 30.3 Å². The number of halogens is 2. The van der Waals surface area contributed by atoms with Crippen LogP contribution in [-0.4, -0.2) is 55.6 Å². The molecule has 1 unspecified atom stereocenters. The highest BCUT2D eigenvalue weighted by molar-refractivity contribution is 7.92. The third kappa shape index (κ3) is 5.16. The number of fused-ring (bicyclic) bond motifs is 6. The van der Waals surface area contributed by atoms with Gasteiger partial charge in [0.25, 0.3) is 5.91 Å². The Morgan fingerprint density at radius 3 is 2.64 bits per heavy atom. The molecule has 1 aliphatic heterocycles. The molecule has 2 aromatic carbocycles. The number of carbonyl (C=O) groups excluding carboxylic acids is 1. The molecular weight excluding hydrogens is 628 g/mol. The van der Waals surface area contributed by atoms with Crippen LogP contribution in [0.3, 0.4) is 0 Å². The van der Waals surface area contributed by atoms with Crippen LogP contribution in [0.15, 0.2) is 71.3 Å². The number of nitrogens with zero attached hydrogens (tertiary/aromatic N) is 4. The standard InChI is InChI=1S/C34H29F2N5O5S/c1-18(35)45-30-11-9-20(17-38-30)33-31(34(42)37-2)23-14-22(27(16-29(23)46-33)40(3)47(4,43)44)25-10-8-19-12-13-41-26-7-5-6-24(36)21(26)15-28(41)32(19)39-25/h5-11,14-18H,12-13H2,1-4H3,(H,37,42). The van der Waals surface area contributed by atoms with Crippen LogP contribution >= 0.6 is 0 Å². The monoisotopic (exact) mass is 657 g/mol. The van der Waals surface area contributed by atoms with E-state index in [0.717, 1.165) is 27.3 Å². The number of ether oxygens (including phenoxy) is 1. The Kier molecular flexibility index (Phi) is 7.23. The normalized spacial score (nSPS) is 13.3. The fourth-order valence-electron chi connectivity index (χ4n) is 6.06. The number of amides is 1. The van der Waals surface area contributed by atoms with Crippen LogP contribution in [0.25, 0.3) is 55.8 Å². The topological polar surface area (TPSA) is 120 Å². The first kappa shape index (κ1) is 30.4. The largest absolute Gasteiger partial charge is 0.455 e. The summed E-state index contributed by atoms with van der Waals surface area (Å²) in [7, 11) is -0.834. The van der Waals surface area contributed by atoms with Gasteiger partial charge in [-0.2, -0.15) is 0 Å². The lowest BCUT2D eigenvalue weighted by molar-refractivity contribution is 0.0810. The molecular formula is C34H29F2N5O5S. The summed E-state index contributed by atoms with van der Waals surface area (Å²) in [4.78, 5) is 22.5. The molecule has 1 atom stereocenters. The Bertz CT molecular complexity index is 2330. The van der Waals surface area contributed by atoms with Gasteiger partial charge in [-0.15, -0.1) is 0 Å². The molecule has 1 amide bonds. The molecule has 1 aliphatic rings. The third-order valence-corrected chi connectivity index (χ3v) is 9.57. The van der Waals surface area contributed by atoms with E-state index in [0.29, 0.717) is 46.3 Å². The smallest absolute Gasteiger partial charge is 0.255 e. The van der Waals surface area contributed by atoms with Crippen molar-refractivity contribution in [1.29, 1.82) is 0 Å². The van der Waals surface area contributed by atoms with Gasteiger partial charge in [-0.25, -0.2) is 27.2 Å². The van der Waals surface area contributed by atoms with Gasteiger partial charge in [0.1, 0.15) is 17.2 Å². The van der Waals surface area contributed by atoms with Gasteiger partial charge in [-0.1, -0.05) is 12.1 Å². The highest BCUT2D eigenvalue weighted by Crippen LogP contribution is 2.42. The van der Waals surface area contributed by atoms with Crippen molar-refractivity contribution in [2.75, 3.05) is 24.7 Å². The number of sulfonamides is 1. The molecule has 7 rings (SSSR count). The van der Waals surface area contributed by atoms with Crippen molar-refractivity contribution in [1.82, 2.24) is 19.9 Å². The van der Waals surface area contributed by atoms with E-state index in [4.69, 9.17) is 14.1 Å². The van der Waals surface area contributed by atoms with E-state index < -0.39 is 22.3 Å². The first-order chi connectivity index (χ1) is 22.4. The fraction of sp³-hybridized carbons (Fsp3) is 0.206. The second-order valence-electron chi connectivity index (χ2n) is 11.3. The molecule has 0 radical (unpaired) electrons. The SMILES string of the molecule is CNC(=O)c1c(-c2ccc(OC(C)F)nc2)oc2cc(N(C)S(C)(=O)=O)c(-c3ccc4c(n3)-c3cc5c(F)cccc5n3CC4)cc12. The minimum absolute atomic E-state index is 0.0564. The van der Waals surface area contributed by atoms with Crippen LogP contribution in [0.4, 0.5) is 14.5 Å². The van der Waals surface area contributed by atoms with Crippen LogP contribution in [-0.2, 0) is 23.0 Å². The van der Waals surface area contributed by atoms with Gasteiger partial charge >= 0.3 is 0 Å². The molecule has 0 bridgehead atoms. The highest BCUT2D eigenvalue weighted by atomic mass is 32.2. The maximum absolute atomic E-state index is 14.8. The summed E-state index contributed by atoms with van der Waals surface area (Å²) in [5, 5.41) is 3.56. The van der Waals surface area contributed by atoms with Gasteiger partial charge in [0.05, 0.1) is 40.1 Å². The zero-order chi connectivity index (χ0) is 33.2. The molecule has 240 valence electrons. The molecule has 0 spiro atoms. The highest BCUT2D eigenvalue weighted by Gasteiger charge is 2.28. The number of anilines is 1. The van der Waals surface area contributed by atoms with Gasteiger partial charge < -0.3 is 19.0 Å². The lowest BCUT2D eigenvalue weighted by Crippen LogP contribution is -2.25. The van der Waals surface area contributed by atoms with Gasteiger partial charge in [0, 0.05) is 67.8 Å². The minimum atomic E-state index is -3.75. The maximum Gasteiger partial charge on any atom is 0.255 e. The molecule has 47 heavy (non-hydrogen) atoms. The molecule has 0 saturated carbocycles. The summed E-state index contributed by atoms with van der Waals surface area (Å²) in [5.74, 6) is -0.532. The maximum atomic E-state index is 14.8. The summed E-state index contributed by atoms with van der Waals surface area (Å²) < 4.78 is 68.2. The molecule has 10 nitrogen and oxygen atoms in total. The number of nitrogens with one attached hydrogen (secondary N) is 1. The number of furan rings is 1. The lowest BCUT2D eigenvalue weighted by Gasteiger charge is -2.23. The second-order valence-corrected chi connectivity index (χ2v) is 13.3. The molecule has 4 aromatic heterocycles. The first-order valence-corrected chi connectivity index (χ1v) is 16.6. The second kappa shape index (κ2) is 11.2. The van der Waals surface area contributed by atoms with Crippen molar-refractivity contribution in [3.8, 4) is 39.8 Å². The molecule has 5 heterocycles. The van der Waals surface area contributed by atoms with E-state index in [1.165, 1.54) is 39.3 Å². The number of pyridine rings is 2. The molecule has 1 N–H and O–H groups in total. The number of hydrogen-bond acceptors (Lipinski definition) is 7. The zero-order valence-electron chi connectivity index (χ0n) is 25.8. The molecule has 0 saturated heterocycles. The Balaban J connectivity index is 1.45. The summed E-state index contributed by atoms with van der Waals surface area (Å²) in [6, 6.07) is 16.8. The number of hydrogen-bond donors (Lipinski definition) is 1. The van der Waals surface area contributed by atoms with Crippen LogP contribution in [0, 0.1) is 5.82 Å². The first-order valence-electron chi connectivity index (χ1n) is 14.8. The number of aromatic nitrogens is 3. The zero-order valence-corrected chi connectivity index (χ0v) is 26.7. The van der Waals surface area contributed by atoms with E-state index in [2.05, 4.69) is 10.3 Å². The van der Waals surface area contributed by atoms with Gasteiger partial charge in [0.2, 0.25) is 22.3 Å². The van der Waals surface area contributed by atoms with Crippen LogP contribution in [0.5, 0.6) is 5.88 Å².